The minimum absolute atomic E-state index is 0.913. The lowest BCUT2D eigenvalue weighted by Crippen LogP contribution is -1.92. The lowest BCUT2D eigenvalue weighted by Gasteiger charge is -2.09. The van der Waals surface area contributed by atoms with E-state index in [1.165, 1.54) is 99.7 Å². The SMILES string of the molecule is c1ccc(-c2ccc(-c3ccc4c(c3)c(-c3ccc(-c5ccccc5)cc3)cn4-c3ccc(-c4cccc5c4oc4ccccc45)cc3)cc2)cc1.c1ccc(-c2ccc3c(c2)c(-c2ccccc2)cn3-c2ccc(-c3ccc4oc5ccccc5c4c3)cc2)cc1. The van der Waals surface area contributed by atoms with Crippen LogP contribution < -0.4 is 0 Å². The zero-order valence-electron chi connectivity index (χ0n) is 50.2. The summed E-state index contributed by atoms with van der Waals surface area (Å²) in [6.07, 6.45) is 4.56. The van der Waals surface area contributed by atoms with Crippen LogP contribution in [0.4, 0.5) is 0 Å². The van der Waals surface area contributed by atoms with Crippen molar-refractivity contribution in [2.75, 3.05) is 0 Å². The van der Waals surface area contributed by atoms with Gasteiger partial charge >= 0.3 is 0 Å². The highest BCUT2D eigenvalue weighted by atomic mass is 16.3. The number of hydrogen-bond donors (Lipinski definition) is 0. The first-order valence-corrected chi connectivity index (χ1v) is 31.3. The van der Waals surface area contributed by atoms with Crippen LogP contribution in [0.25, 0.3) is 166 Å². The molecule has 0 fully saturated rings. The van der Waals surface area contributed by atoms with E-state index in [4.69, 9.17) is 8.83 Å². The molecule has 0 radical (unpaired) electrons. The van der Waals surface area contributed by atoms with Crippen LogP contribution in [0.3, 0.4) is 0 Å². The van der Waals surface area contributed by atoms with E-state index in [9.17, 15) is 0 Å². The Morgan fingerprint density at radius 1 is 0.185 bits per heavy atom. The second-order valence-electron chi connectivity index (χ2n) is 23.6. The van der Waals surface area contributed by atoms with Gasteiger partial charge in [-0.2, -0.15) is 0 Å². The fourth-order valence-electron chi connectivity index (χ4n) is 13.4. The van der Waals surface area contributed by atoms with Gasteiger partial charge in [0.1, 0.15) is 22.3 Å². The second kappa shape index (κ2) is 23.0. The molecule has 18 aromatic rings. The summed E-state index contributed by atoms with van der Waals surface area (Å²) in [5, 5.41) is 7.04. The van der Waals surface area contributed by atoms with Crippen molar-refractivity contribution in [2.24, 2.45) is 0 Å². The molecule has 4 heterocycles. The quantitative estimate of drug-likeness (QED) is 0.137. The molecule has 0 spiro atoms. The van der Waals surface area contributed by atoms with Gasteiger partial charge < -0.3 is 18.0 Å². The first-order chi connectivity index (χ1) is 45.6. The Hall–Kier alpha value is -12.2. The predicted molar refractivity (Wildman–Crippen MR) is 385 cm³/mol. The zero-order valence-corrected chi connectivity index (χ0v) is 50.2. The summed E-state index contributed by atoms with van der Waals surface area (Å²) in [4.78, 5) is 0. The van der Waals surface area contributed by atoms with Crippen LogP contribution in [0.1, 0.15) is 0 Å². The molecule has 14 aromatic carbocycles. The first-order valence-electron chi connectivity index (χ1n) is 31.3. The van der Waals surface area contributed by atoms with Crippen molar-refractivity contribution in [3.05, 3.63) is 352 Å². The van der Waals surface area contributed by atoms with E-state index in [0.717, 1.165) is 66.4 Å². The summed E-state index contributed by atoms with van der Waals surface area (Å²) in [5.74, 6) is 0. The summed E-state index contributed by atoms with van der Waals surface area (Å²) in [6, 6.07) is 121. The minimum atomic E-state index is 0.913. The molecule has 0 aliphatic carbocycles. The molecule has 0 saturated carbocycles. The van der Waals surface area contributed by atoms with Gasteiger partial charge in [0.2, 0.25) is 0 Å². The van der Waals surface area contributed by atoms with Crippen molar-refractivity contribution in [3.63, 3.8) is 0 Å². The molecular weight excluding hydrogens is 1120 g/mol. The largest absolute Gasteiger partial charge is 0.456 e. The van der Waals surface area contributed by atoms with Gasteiger partial charge in [0.15, 0.2) is 0 Å². The molecule has 0 N–H and O–H groups in total. The Kier molecular flexibility index (Phi) is 13.5. The van der Waals surface area contributed by atoms with Gasteiger partial charge in [-0.3, -0.25) is 0 Å². The molecule has 4 heteroatoms. The number of aromatic nitrogens is 2. The van der Waals surface area contributed by atoms with Crippen molar-refractivity contribution in [1.82, 2.24) is 9.13 Å². The number of furan rings is 2. The van der Waals surface area contributed by atoms with Gasteiger partial charge in [0, 0.05) is 72.8 Å². The third kappa shape index (κ3) is 9.93. The van der Waals surface area contributed by atoms with Gasteiger partial charge in [-0.25, -0.2) is 0 Å². The standard InChI is InChI=1S/C50H33NO.C38H25NO/c1-3-10-34(11-4-1)36-18-20-38(21-19-36)41-28-31-48-46(32-41)47(40-24-22-37(23-25-40)35-12-5-2-6-13-35)33-51(48)42-29-26-39(27-30-42)43-15-9-16-45-44-14-7-8-17-49(44)52-50(43)45;1-3-9-26(10-4-1)29-17-21-36-33(23-29)35(28-11-5-2-6-12-28)25-39(36)31-19-15-27(16-20-31)30-18-22-38-34(24-30)32-13-7-8-14-37(32)40-38/h1-33H;1-25H. The van der Waals surface area contributed by atoms with Crippen LogP contribution in [0.15, 0.2) is 361 Å². The summed E-state index contributed by atoms with van der Waals surface area (Å²) in [6.45, 7) is 0. The Morgan fingerprint density at radius 2 is 0.500 bits per heavy atom. The molecule has 0 aliphatic heterocycles. The van der Waals surface area contributed by atoms with Crippen LogP contribution in [0.2, 0.25) is 0 Å². The van der Waals surface area contributed by atoms with Gasteiger partial charge in [-0.1, -0.05) is 267 Å². The summed E-state index contributed by atoms with van der Waals surface area (Å²) in [5.41, 5.74) is 27.4. The maximum absolute atomic E-state index is 6.37. The van der Waals surface area contributed by atoms with Gasteiger partial charge in [-0.15, -0.1) is 0 Å². The zero-order chi connectivity index (χ0) is 60.9. The lowest BCUT2D eigenvalue weighted by atomic mass is 9.97. The first kappa shape index (κ1) is 54.0. The number of nitrogens with zero attached hydrogens (tertiary/aromatic N) is 2. The average molecular weight is 1180 g/mol. The highest BCUT2D eigenvalue weighted by Gasteiger charge is 2.18. The molecule has 0 aliphatic rings. The fourth-order valence-corrected chi connectivity index (χ4v) is 13.4. The molecule has 432 valence electrons. The van der Waals surface area contributed by atoms with E-state index < -0.39 is 0 Å². The normalized spacial score (nSPS) is 11.5. The van der Waals surface area contributed by atoms with Crippen LogP contribution in [-0.4, -0.2) is 9.13 Å². The van der Waals surface area contributed by atoms with Crippen LogP contribution in [0.5, 0.6) is 0 Å². The number of benzene rings is 14. The topological polar surface area (TPSA) is 36.1 Å². The number of para-hydroxylation sites is 3. The van der Waals surface area contributed by atoms with E-state index in [0.29, 0.717) is 0 Å². The molecule has 4 nitrogen and oxygen atoms in total. The molecule has 0 unspecified atom stereocenters. The predicted octanol–water partition coefficient (Wildman–Crippen LogP) is 24.4. The van der Waals surface area contributed by atoms with Gasteiger partial charge in [0.05, 0.1) is 11.0 Å². The molecule has 4 aromatic heterocycles. The maximum atomic E-state index is 6.37. The van der Waals surface area contributed by atoms with Crippen molar-refractivity contribution in [3.8, 4) is 100 Å². The van der Waals surface area contributed by atoms with Crippen LogP contribution in [-0.2, 0) is 0 Å². The Morgan fingerprint density at radius 3 is 1.01 bits per heavy atom. The van der Waals surface area contributed by atoms with E-state index in [1.807, 2.05) is 24.3 Å². The van der Waals surface area contributed by atoms with E-state index in [-0.39, 0.29) is 0 Å². The third-order valence-corrected chi connectivity index (χ3v) is 18.1. The highest BCUT2D eigenvalue weighted by Crippen LogP contribution is 2.41. The molecular formula is C88H58N2O2. The average Bonchev–Trinajstić information content (AvgIpc) is 1.99. The number of rotatable bonds is 10. The van der Waals surface area contributed by atoms with Crippen molar-refractivity contribution < 1.29 is 8.83 Å². The van der Waals surface area contributed by atoms with Crippen molar-refractivity contribution >= 4 is 65.7 Å². The molecule has 92 heavy (non-hydrogen) atoms. The number of hydrogen-bond acceptors (Lipinski definition) is 2. The molecule has 0 saturated heterocycles. The van der Waals surface area contributed by atoms with Crippen LogP contribution >= 0.6 is 0 Å². The smallest absolute Gasteiger partial charge is 0.143 e. The summed E-state index contributed by atoms with van der Waals surface area (Å²) in [7, 11) is 0. The molecule has 0 bridgehead atoms. The van der Waals surface area contributed by atoms with E-state index >= 15 is 0 Å². The summed E-state index contributed by atoms with van der Waals surface area (Å²) < 4.78 is 17.0. The molecule has 18 rings (SSSR count). The van der Waals surface area contributed by atoms with Crippen molar-refractivity contribution in [2.45, 2.75) is 0 Å². The second-order valence-corrected chi connectivity index (χ2v) is 23.6. The van der Waals surface area contributed by atoms with Crippen molar-refractivity contribution in [1.29, 1.82) is 0 Å². The molecule has 0 amide bonds. The van der Waals surface area contributed by atoms with Crippen LogP contribution in [0, 0.1) is 0 Å². The highest BCUT2D eigenvalue weighted by molar-refractivity contribution is 6.10. The monoisotopic (exact) mass is 1170 g/mol. The minimum Gasteiger partial charge on any atom is -0.456 e. The summed E-state index contributed by atoms with van der Waals surface area (Å²) >= 11 is 0. The van der Waals surface area contributed by atoms with Gasteiger partial charge in [0.25, 0.3) is 0 Å². The van der Waals surface area contributed by atoms with E-state index in [1.54, 1.807) is 0 Å². The lowest BCUT2D eigenvalue weighted by molar-refractivity contribution is 0.669. The third-order valence-electron chi connectivity index (χ3n) is 18.1. The fraction of sp³-hybridized carbons (Fsp3) is 0. The van der Waals surface area contributed by atoms with E-state index in [2.05, 4.69) is 337 Å². The Balaban J connectivity index is 0.000000146. The Bertz CT molecular complexity index is 5680. The Labute approximate surface area is 533 Å². The van der Waals surface area contributed by atoms with Gasteiger partial charge in [-0.05, 0) is 145 Å². The molecule has 0 atom stereocenters. The maximum Gasteiger partial charge on any atom is 0.143 e. The number of fused-ring (bicyclic) bond motifs is 8.